The molecule has 0 saturated heterocycles. The Balaban J connectivity index is 1.91. The average molecular weight is 252 g/mol. The first-order valence-corrected chi connectivity index (χ1v) is 6.39. The van der Waals surface area contributed by atoms with Crippen molar-refractivity contribution >= 4 is 17.3 Å². The number of carbonyl (C=O) groups excluding carboxylic acids is 1. The van der Waals surface area contributed by atoms with Gasteiger partial charge in [0.05, 0.1) is 0 Å². The normalized spacial score (nSPS) is 16.9. The Bertz CT molecular complexity index is 649. The topological polar surface area (TPSA) is 41.1 Å². The minimum absolute atomic E-state index is 0.000530. The highest BCUT2D eigenvalue weighted by atomic mass is 16.2. The van der Waals surface area contributed by atoms with E-state index in [0.717, 1.165) is 16.9 Å². The van der Waals surface area contributed by atoms with Crippen molar-refractivity contribution in [1.82, 2.24) is 0 Å². The lowest BCUT2D eigenvalue weighted by molar-refractivity contribution is -0.116. The molecule has 1 heterocycles. The van der Waals surface area contributed by atoms with Crippen LogP contribution >= 0.6 is 0 Å². The third-order valence-electron chi connectivity index (χ3n) is 3.61. The molecule has 2 aromatic carbocycles. The summed E-state index contributed by atoms with van der Waals surface area (Å²) in [4.78, 5) is 12.0. The predicted molar refractivity (Wildman–Crippen MR) is 77.4 cm³/mol. The molecule has 96 valence electrons. The molecule has 2 aromatic rings. The van der Waals surface area contributed by atoms with Crippen LogP contribution in [0.1, 0.15) is 22.7 Å². The lowest BCUT2D eigenvalue weighted by atomic mass is 10.1. The van der Waals surface area contributed by atoms with E-state index in [4.69, 9.17) is 0 Å². The van der Waals surface area contributed by atoms with Crippen molar-refractivity contribution in [3.8, 4) is 0 Å². The molecular weight excluding hydrogens is 236 g/mol. The van der Waals surface area contributed by atoms with Crippen molar-refractivity contribution < 1.29 is 4.79 Å². The second-order valence-electron chi connectivity index (χ2n) is 4.95. The van der Waals surface area contributed by atoms with E-state index in [1.165, 1.54) is 11.1 Å². The van der Waals surface area contributed by atoms with E-state index in [2.05, 4.69) is 36.6 Å². The number of benzene rings is 2. The van der Waals surface area contributed by atoms with E-state index in [1.54, 1.807) is 0 Å². The summed E-state index contributed by atoms with van der Waals surface area (Å²) in [5.41, 5.74) is 5.35. The number of para-hydroxylation sites is 1. The molecule has 1 amide bonds. The maximum absolute atomic E-state index is 12.0. The van der Waals surface area contributed by atoms with Crippen molar-refractivity contribution in [3.63, 3.8) is 0 Å². The highest BCUT2D eigenvalue weighted by Crippen LogP contribution is 2.33. The van der Waals surface area contributed by atoms with Gasteiger partial charge in [-0.25, -0.2) is 0 Å². The number of aryl methyl sites for hydroxylation is 2. The van der Waals surface area contributed by atoms with Crippen LogP contribution in [0.3, 0.4) is 0 Å². The van der Waals surface area contributed by atoms with Gasteiger partial charge in [0, 0.05) is 16.9 Å². The van der Waals surface area contributed by atoms with Crippen molar-refractivity contribution in [2.75, 3.05) is 10.6 Å². The Labute approximate surface area is 112 Å². The van der Waals surface area contributed by atoms with E-state index in [-0.39, 0.29) is 11.9 Å². The zero-order valence-electron chi connectivity index (χ0n) is 11.0. The summed E-state index contributed by atoms with van der Waals surface area (Å²) in [6.07, 6.45) is 0. The minimum Gasteiger partial charge on any atom is -0.370 e. The van der Waals surface area contributed by atoms with Crippen LogP contribution in [-0.4, -0.2) is 5.91 Å². The number of rotatable bonds is 2. The van der Waals surface area contributed by atoms with Crippen molar-refractivity contribution in [2.45, 2.75) is 19.9 Å². The Morgan fingerprint density at radius 1 is 1.05 bits per heavy atom. The van der Waals surface area contributed by atoms with Crippen LogP contribution in [0.25, 0.3) is 0 Å². The summed E-state index contributed by atoms with van der Waals surface area (Å²) in [5.74, 6) is -0.000530. The van der Waals surface area contributed by atoms with Crippen LogP contribution in [0.5, 0.6) is 0 Å². The van der Waals surface area contributed by atoms with Gasteiger partial charge in [-0.15, -0.1) is 0 Å². The zero-order chi connectivity index (χ0) is 13.4. The van der Waals surface area contributed by atoms with Gasteiger partial charge < -0.3 is 10.6 Å². The molecule has 3 heteroatoms. The molecule has 0 spiro atoms. The van der Waals surface area contributed by atoms with E-state index >= 15 is 0 Å². The molecule has 0 saturated carbocycles. The molecule has 1 atom stereocenters. The van der Waals surface area contributed by atoms with Crippen LogP contribution in [0.4, 0.5) is 11.4 Å². The number of carbonyl (C=O) groups is 1. The van der Waals surface area contributed by atoms with Gasteiger partial charge in [0.1, 0.15) is 6.04 Å². The molecule has 3 nitrogen and oxygen atoms in total. The summed E-state index contributed by atoms with van der Waals surface area (Å²) >= 11 is 0. The number of fused-ring (bicyclic) bond motifs is 1. The van der Waals surface area contributed by atoms with Gasteiger partial charge in [-0.3, -0.25) is 4.79 Å². The van der Waals surface area contributed by atoms with Crippen LogP contribution in [0.15, 0.2) is 42.5 Å². The summed E-state index contributed by atoms with van der Waals surface area (Å²) in [5, 5.41) is 6.20. The molecule has 3 rings (SSSR count). The maximum Gasteiger partial charge on any atom is 0.251 e. The lowest BCUT2D eigenvalue weighted by Crippen LogP contribution is -2.19. The van der Waals surface area contributed by atoms with Gasteiger partial charge in [-0.05, 0) is 43.2 Å². The first-order chi connectivity index (χ1) is 9.15. The van der Waals surface area contributed by atoms with Gasteiger partial charge in [-0.1, -0.05) is 24.3 Å². The predicted octanol–water partition coefficient (Wildman–Crippen LogP) is 3.41. The van der Waals surface area contributed by atoms with E-state index in [9.17, 15) is 4.79 Å². The molecule has 0 fully saturated rings. The molecule has 1 aliphatic heterocycles. The van der Waals surface area contributed by atoms with E-state index < -0.39 is 0 Å². The van der Waals surface area contributed by atoms with Gasteiger partial charge in [0.2, 0.25) is 0 Å². The molecule has 0 bridgehead atoms. The number of amides is 1. The maximum atomic E-state index is 12.0. The minimum atomic E-state index is -0.307. The summed E-state index contributed by atoms with van der Waals surface area (Å²) < 4.78 is 0. The Hall–Kier alpha value is -2.29. The SMILES string of the molecule is Cc1ccc(NC2C(=O)Nc3ccccc32)cc1C. The quantitative estimate of drug-likeness (QED) is 0.860. The van der Waals surface area contributed by atoms with E-state index in [1.807, 2.05) is 30.3 Å². The fourth-order valence-corrected chi connectivity index (χ4v) is 2.35. The number of hydrogen-bond donors (Lipinski definition) is 2. The molecule has 1 aliphatic rings. The second-order valence-corrected chi connectivity index (χ2v) is 4.95. The third-order valence-corrected chi connectivity index (χ3v) is 3.61. The Morgan fingerprint density at radius 2 is 1.84 bits per heavy atom. The molecule has 0 radical (unpaired) electrons. The largest absolute Gasteiger partial charge is 0.370 e. The van der Waals surface area contributed by atoms with Gasteiger partial charge >= 0.3 is 0 Å². The highest BCUT2D eigenvalue weighted by molar-refractivity contribution is 6.04. The molecule has 0 aromatic heterocycles. The monoisotopic (exact) mass is 252 g/mol. The van der Waals surface area contributed by atoms with E-state index in [0.29, 0.717) is 0 Å². The Kier molecular flexibility index (Phi) is 2.75. The van der Waals surface area contributed by atoms with Crippen molar-refractivity contribution in [1.29, 1.82) is 0 Å². The van der Waals surface area contributed by atoms with Crippen LogP contribution in [0.2, 0.25) is 0 Å². The van der Waals surface area contributed by atoms with Crippen molar-refractivity contribution in [2.24, 2.45) is 0 Å². The highest BCUT2D eigenvalue weighted by Gasteiger charge is 2.29. The standard InChI is InChI=1S/C16H16N2O/c1-10-7-8-12(9-11(10)2)17-15-13-5-3-4-6-14(13)18-16(15)19/h3-9,15,17H,1-2H3,(H,18,19). The van der Waals surface area contributed by atoms with Gasteiger partial charge in [-0.2, -0.15) is 0 Å². The summed E-state index contributed by atoms with van der Waals surface area (Å²) in [7, 11) is 0. The number of nitrogens with one attached hydrogen (secondary N) is 2. The first kappa shape index (κ1) is 11.8. The second kappa shape index (κ2) is 4.43. The lowest BCUT2D eigenvalue weighted by Gasteiger charge is -2.14. The van der Waals surface area contributed by atoms with Crippen LogP contribution < -0.4 is 10.6 Å². The number of hydrogen-bond acceptors (Lipinski definition) is 2. The first-order valence-electron chi connectivity index (χ1n) is 6.39. The smallest absolute Gasteiger partial charge is 0.251 e. The van der Waals surface area contributed by atoms with Crippen LogP contribution in [-0.2, 0) is 4.79 Å². The molecular formula is C16H16N2O. The van der Waals surface area contributed by atoms with Gasteiger partial charge in [0.15, 0.2) is 0 Å². The van der Waals surface area contributed by atoms with Gasteiger partial charge in [0.25, 0.3) is 5.91 Å². The summed E-state index contributed by atoms with van der Waals surface area (Å²) in [6.45, 7) is 4.15. The fourth-order valence-electron chi connectivity index (χ4n) is 2.35. The van der Waals surface area contributed by atoms with Crippen molar-refractivity contribution in [3.05, 3.63) is 59.2 Å². The molecule has 0 aliphatic carbocycles. The average Bonchev–Trinajstić information content (AvgIpc) is 2.71. The summed E-state index contributed by atoms with van der Waals surface area (Å²) in [6, 6.07) is 13.6. The third kappa shape index (κ3) is 2.08. The molecule has 1 unspecified atom stereocenters. The Morgan fingerprint density at radius 3 is 2.63 bits per heavy atom. The zero-order valence-corrected chi connectivity index (χ0v) is 11.0. The number of anilines is 2. The fraction of sp³-hybridized carbons (Fsp3) is 0.188. The van der Waals surface area contributed by atoms with Crippen LogP contribution in [0, 0.1) is 13.8 Å². The molecule has 19 heavy (non-hydrogen) atoms. The molecule has 2 N–H and O–H groups in total.